The molecule has 1 unspecified atom stereocenters. The largest absolute Gasteiger partial charge is 0.340 e. The molecule has 0 saturated carbocycles. The number of nitrogens with zero attached hydrogens (tertiary/aromatic N) is 2. The number of hydrogen-bond donors (Lipinski definition) is 2. The van der Waals surface area contributed by atoms with E-state index in [4.69, 9.17) is 5.73 Å². The Bertz CT molecular complexity index is 903. The van der Waals surface area contributed by atoms with E-state index in [1.807, 2.05) is 35.4 Å². The zero-order chi connectivity index (χ0) is 19.8. The van der Waals surface area contributed by atoms with Gasteiger partial charge in [0, 0.05) is 41.8 Å². The van der Waals surface area contributed by atoms with Crippen molar-refractivity contribution in [3.05, 3.63) is 72.6 Å². The molecule has 3 aromatic rings. The number of carbonyl (C=O) groups excluding carboxylic acids is 1. The Morgan fingerprint density at radius 3 is 2.79 bits per heavy atom. The first kappa shape index (κ1) is 20.3. The molecule has 1 atom stereocenters. The van der Waals surface area contributed by atoms with Crippen LogP contribution in [-0.2, 0) is 11.2 Å². The van der Waals surface area contributed by atoms with Crippen molar-refractivity contribution in [2.45, 2.75) is 24.3 Å². The normalized spacial score (nSPS) is 12.1. The van der Waals surface area contributed by atoms with Gasteiger partial charge >= 0.3 is 0 Å². The summed E-state index contributed by atoms with van der Waals surface area (Å²) in [5.74, 6) is -0.0206. The fraction of sp³-hybridized carbons (Fsp3) is 0.273. The van der Waals surface area contributed by atoms with Crippen LogP contribution >= 0.6 is 11.9 Å². The second-order valence-corrected chi connectivity index (χ2v) is 7.70. The van der Waals surface area contributed by atoms with Crippen molar-refractivity contribution < 1.29 is 4.79 Å². The van der Waals surface area contributed by atoms with Crippen LogP contribution in [0, 0.1) is 0 Å². The number of amides is 1. The van der Waals surface area contributed by atoms with Gasteiger partial charge in [0.15, 0.2) is 0 Å². The number of pyridine rings is 1. The Labute approximate surface area is 170 Å². The van der Waals surface area contributed by atoms with Gasteiger partial charge in [0.25, 0.3) is 0 Å². The van der Waals surface area contributed by atoms with Crippen molar-refractivity contribution in [3.8, 4) is 0 Å². The molecule has 2 aromatic carbocycles. The highest BCUT2D eigenvalue weighted by Gasteiger charge is 2.15. The minimum atomic E-state index is -0.0206. The van der Waals surface area contributed by atoms with Gasteiger partial charge in [-0.15, -0.1) is 0 Å². The maximum absolute atomic E-state index is 12.2. The summed E-state index contributed by atoms with van der Waals surface area (Å²) in [5, 5.41) is 2.29. The summed E-state index contributed by atoms with van der Waals surface area (Å²) >= 11 is 1.58. The van der Waals surface area contributed by atoms with E-state index in [2.05, 4.69) is 47.0 Å². The standard InChI is InChI=1S/C22H26N4OS/c1-17(25-28-21-8-7-20-15-24-11-9-19(20)13-21)16-26(22(27)14-23)12-10-18-5-3-2-4-6-18/h2-9,11,13,15,17,25H,10,12,14,16,23H2,1H3. The molecular formula is C22H26N4OS. The molecule has 28 heavy (non-hydrogen) atoms. The van der Waals surface area contributed by atoms with E-state index in [9.17, 15) is 4.79 Å². The smallest absolute Gasteiger partial charge is 0.236 e. The molecule has 1 aromatic heterocycles. The molecule has 0 spiro atoms. The molecule has 0 aliphatic rings. The van der Waals surface area contributed by atoms with Gasteiger partial charge in [0.1, 0.15) is 0 Å². The van der Waals surface area contributed by atoms with E-state index in [1.165, 1.54) is 5.56 Å². The van der Waals surface area contributed by atoms with E-state index in [0.717, 1.165) is 22.1 Å². The van der Waals surface area contributed by atoms with Gasteiger partial charge in [0.05, 0.1) is 6.54 Å². The molecule has 0 radical (unpaired) electrons. The molecule has 0 aliphatic heterocycles. The molecule has 0 bridgehead atoms. The third-order valence-electron chi connectivity index (χ3n) is 4.52. The van der Waals surface area contributed by atoms with Gasteiger partial charge in [-0.25, -0.2) is 0 Å². The maximum Gasteiger partial charge on any atom is 0.236 e. The van der Waals surface area contributed by atoms with E-state index >= 15 is 0 Å². The number of nitrogens with one attached hydrogen (secondary N) is 1. The molecule has 146 valence electrons. The number of benzene rings is 2. The van der Waals surface area contributed by atoms with Crippen LogP contribution in [0.3, 0.4) is 0 Å². The molecule has 1 heterocycles. The molecule has 1 amide bonds. The van der Waals surface area contributed by atoms with Crippen LogP contribution in [0.1, 0.15) is 12.5 Å². The SMILES string of the molecule is CC(CN(CCc1ccccc1)C(=O)CN)NSc1ccc2cnccc2c1. The van der Waals surface area contributed by atoms with E-state index < -0.39 is 0 Å². The van der Waals surface area contributed by atoms with Crippen LogP contribution in [0.5, 0.6) is 0 Å². The molecular weight excluding hydrogens is 368 g/mol. The van der Waals surface area contributed by atoms with Crippen molar-refractivity contribution in [1.82, 2.24) is 14.6 Å². The Morgan fingerprint density at radius 1 is 1.18 bits per heavy atom. The minimum Gasteiger partial charge on any atom is -0.340 e. The molecule has 5 nitrogen and oxygen atoms in total. The Morgan fingerprint density at radius 2 is 2.00 bits per heavy atom. The van der Waals surface area contributed by atoms with Crippen molar-refractivity contribution in [2.75, 3.05) is 19.6 Å². The van der Waals surface area contributed by atoms with Gasteiger partial charge in [-0.3, -0.25) is 14.5 Å². The minimum absolute atomic E-state index is 0.0206. The first-order chi connectivity index (χ1) is 13.7. The van der Waals surface area contributed by atoms with E-state index in [1.54, 1.807) is 18.1 Å². The van der Waals surface area contributed by atoms with E-state index in [-0.39, 0.29) is 18.5 Å². The lowest BCUT2D eigenvalue weighted by molar-refractivity contribution is -0.129. The molecule has 0 saturated heterocycles. The lowest BCUT2D eigenvalue weighted by atomic mass is 10.1. The predicted octanol–water partition coefficient (Wildman–Crippen LogP) is 3.25. The number of rotatable bonds is 9. The van der Waals surface area contributed by atoms with Crippen molar-refractivity contribution >= 4 is 28.6 Å². The second kappa shape index (κ2) is 10.2. The van der Waals surface area contributed by atoms with Gasteiger partial charge < -0.3 is 10.6 Å². The van der Waals surface area contributed by atoms with Crippen LogP contribution < -0.4 is 10.5 Å². The van der Waals surface area contributed by atoms with Crippen LogP contribution in [0.25, 0.3) is 10.8 Å². The molecule has 3 rings (SSSR count). The molecule has 0 fully saturated rings. The summed E-state index contributed by atoms with van der Waals surface area (Å²) in [7, 11) is 0. The van der Waals surface area contributed by atoms with Crippen LogP contribution in [0.15, 0.2) is 71.9 Å². The number of carbonyl (C=O) groups is 1. The maximum atomic E-state index is 12.2. The third-order valence-corrected chi connectivity index (χ3v) is 5.53. The number of fused-ring (bicyclic) bond motifs is 1. The van der Waals surface area contributed by atoms with Crippen molar-refractivity contribution in [3.63, 3.8) is 0 Å². The Kier molecular flexibility index (Phi) is 7.42. The van der Waals surface area contributed by atoms with Crippen molar-refractivity contribution in [1.29, 1.82) is 0 Å². The monoisotopic (exact) mass is 394 g/mol. The van der Waals surface area contributed by atoms with E-state index in [0.29, 0.717) is 13.1 Å². The highest BCUT2D eigenvalue weighted by molar-refractivity contribution is 7.97. The number of nitrogens with two attached hydrogens (primary N) is 1. The fourth-order valence-electron chi connectivity index (χ4n) is 3.02. The first-order valence-corrected chi connectivity index (χ1v) is 10.3. The first-order valence-electron chi connectivity index (χ1n) is 9.43. The fourth-order valence-corrected chi connectivity index (χ4v) is 3.75. The summed E-state index contributed by atoms with van der Waals surface area (Å²) in [6, 6.07) is 18.6. The molecule has 6 heteroatoms. The van der Waals surface area contributed by atoms with Gasteiger partial charge in [-0.05, 0) is 54.4 Å². The summed E-state index contributed by atoms with van der Waals surface area (Å²) in [6.45, 7) is 3.40. The second-order valence-electron chi connectivity index (χ2n) is 6.79. The Balaban J connectivity index is 1.54. The highest BCUT2D eigenvalue weighted by atomic mass is 32.2. The van der Waals surface area contributed by atoms with Crippen LogP contribution in [0.4, 0.5) is 0 Å². The highest BCUT2D eigenvalue weighted by Crippen LogP contribution is 2.21. The lowest BCUT2D eigenvalue weighted by Crippen LogP contribution is -2.44. The number of hydrogen-bond acceptors (Lipinski definition) is 5. The predicted molar refractivity (Wildman–Crippen MR) is 116 cm³/mol. The summed E-state index contributed by atoms with van der Waals surface area (Å²) < 4.78 is 3.44. The van der Waals surface area contributed by atoms with Crippen LogP contribution in [-0.4, -0.2) is 41.5 Å². The lowest BCUT2D eigenvalue weighted by Gasteiger charge is -2.26. The van der Waals surface area contributed by atoms with Gasteiger partial charge in [-0.1, -0.05) is 36.4 Å². The summed E-state index contributed by atoms with van der Waals surface area (Å²) in [6.07, 6.45) is 4.49. The van der Waals surface area contributed by atoms with Gasteiger partial charge in [-0.2, -0.15) is 0 Å². The average Bonchev–Trinajstić information content (AvgIpc) is 2.75. The third kappa shape index (κ3) is 5.79. The van der Waals surface area contributed by atoms with Crippen molar-refractivity contribution in [2.24, 2.45) is 5.73 Å². The topological polar surface area (TPSA) is 71.2 Å². The van der Waals surface area contributed by atoms with Gasteiger partial charge in [0.2, 0.25) is 5.91 Å². The number of aromatic nitrogens is 1. The van der Waals surface area contributed by atoms with Crippen LogP contribution in [0.2, 0.25) is 0 Å². The molecule has 0 aliphatic carbocycles. The Hall–Kier alpha value is -2.41. The zero-order valence-corrected chi connectivity index (χ0v) is 16.9. The molecule has 3 N–H and O–H groups in total. The zero-order valence-electron chi connectivity index (χ0n) is 16.0. The quantitative estimate of drug-likeness (QED) is 0.545. The summed E-state index contributed by atoms with van der Waals surface area (Å²) in [4.78, 5) is 19.4. The summed E-state index contributed by atoms with van der Waals surface area (Å²) in [5.41, 5.74) is 6.83. The average molecular weight is 395 g/mol.